The van der Waals surface area contributed by atoms with Gasteiger partial charge in [0.1, 0.15) is 6.04 Å². The number of carbonyl (C=O) groups is 2. The smallest absolute Gasteiger partial charge is 0.321 e. The van der Waals surface area contributed by atoms with Crippen LogP contribution in [0.2, 0.25) is 0 Å². The van der Waals surface area contributed by atoms with E-state index in [4.69, 9.17) is 5.11 Å². The maximum absolute atomic E-state index is 11.7. The van der Waals surface area contributed by atoms with Crippen LogP contribution in [0.5, 0.6) is 0 Å². The molecule has 0 radical (unpaired) electrons. The van der Waals surface area contributed by atoms with E-state index in [0.717, 1.165) is 0 Å². The predicted octanol–water partition coefficient (Wildman–Crippen LogP) is 0.748. The average molecular weight is 309 g/mol. The topological polar surface area (TPSA) is 110 Å². The van der Waals surface area contributed by atoms with Crippen molar-refractivity contribution in [3.63, 3.8) is 0 Å². The second kappa shape index (κ2) is 8.91. The largest absolute Gasteiger partial charge is 0.480 e. The molecule has 0 spiro atoms. The van der Waals surface area contributed by atoms with Crippen molar-refractivity contribution < 1.29 is 27.9 Å². The highest BCUT2D eigenvalue weighted by atomic mass is 32.2. The first kappa shape index (κ1) is 18.9. The van der Waals surface area contributed by atoms with E-state index in [9.17, 15) is 18.0 Å². The van der Waals surface area contributed by atoms with Crippen molar-refractivity contribution in [1.29, 1.82) is 0 Å². The van der Waals surface area contributed by atoms with Gasteiger partial charge in [-0.3, -0.25) is 9.59 Å². The molecule has 7 nitrogen and oxygen atoms in total. The summed E-state index contributed by atoms with van der Waals surface area (Å²) in [5, 5.41) is 8.98. The number of sulfonamides is 1. The van der Waals surface area contributed by atoms with Gasteiger partial charge in [0, 0.05) is 6.42 Å². The third kappa shape index (κ3) is 8.87. The van der Waals surface area contributed by atoms with E-state index in [1.54, 1.807) is 6.92 Å². The zero-order valence-electron chi connectivity index (χ0n) is 12.1. The summed E-state index contributed by atoms with van der Waals surface area (Å²) >= 11 is 0. The molecule has 20 heavy (non-hydrogen) atoms. The lowest BCUT2D eigenvalue weighted by Gasteiger charge is -2.15. The zero-order valence-corrected chi connectivity index (χ0v) is 12.9. The lowest BCUT2D eigenvalue weighted by molar-refractivity contribution is -0.144. The Kier molecular flexibility index (Phi) is 8.40. The molecule has 0 fully saturated rings. The van der Waals surface area contributed by atoms with Crippen LogP contribution in [0.4, 0.5) is 0 Å². The van der Waals surface area contributed by atoms with Crippen molar-refractivity contribution in [3.05, 3.63) is 0 Å². The van der Waals surface area contributed by atoms with E-state index < -0.39 is 28.0 Å². The standard InChI is InChI=1S/C12H23NO6S/c1-4-19-11(14)6-5-10(12(15)16)13-20(17,18)8-7-9(2)3/h9-10,13H,4-8H2,1-3H3,(H,15,16)/t10-/m0/s1. The van der Waals surface area contributed by atoms with Crippen LogP contribution in [0.1, 0.15) is 40.0 Å². The SMILES string of the molecule is CCOC(=O)CC[C@H](NS(=O)(=O)CCC(C)C)C(=O)O. The third-order valence-corrected chi connectivity index (χ3v) is 3.94. The van der Waals surface area contributed by atoms with Gasteiger partial charge in [-0.15, -0.1) is 0 Å². The number of carboxylic acid groups (broad SMARTS) is 1. The Morgan fingerprint density at radius 1 is 1.25 bits per heavy atom. The number of hydrogen-bond acceptors (Lipinski definition) is 5. The van der Waals surface area contributed by atoms with Crippen LogP contribution in [0, 0.1) is 5.92 Å². The summed E-state index contributed by atoms with van der Waals surface area (Å²) < 4.78 is 30.2. The minimum absolute atomic E-state index is 0.130. The molecule has 0 amide bonds. The van der Waals surface area contributed by atoms with Gasteiger partial charge < -0.3 is 9.84 Å². The summed E-state index contributed by atoms with van der Waals surface area (Å²) in [6, 6.07) is -1.31. The van der Waals surface area contributed by atoms with Gasteiger partial charge in [-0.1, -0.05) is 13.8 Å². The van der Waals surface area contributed by atoms with Gasteiger partial charge >= 0.3 is 11.9 Å². The molecule has 0 rings (SSSR count). The van der Waals surface area contributed by atoms with E-state index >= 15 is 0 Å². The summed E-state index contributed by atoms with van der Waals surface area (Å²) in [6.45, 7) is 5.60. The molecule has 0 saturated carbocycles. The van der Waals surface area contributed by atoms with Gasteiger partial charge in [-0.25, -0.2) is 13.1 Å². The highest BCUT2D eigenvalue weighted by molar-refractivity contribution is 7.89. The molecule has 0 unspecified atom stereocenters. The highest BCUT2D eigenvalue weighted by Crippen LogP contribution is 2.06. The number of aliphatic carboxylic acids is 1. The monoisotopic (exact) mass is 309 g/mol. The molecule has 118 valence electrons. The molecule has 0 saturated heterocycles. The van der Waals surface area contributed by atoms with Crippen LogP contribution < -0.4 is 4.72 Å². The van der Waals surface area contributed by atoms with E-state index in [2.05, 4.69) is 9.46 Å². The molecule has 2 N–H and O–H groups in total. The fourth-order valence-electron chi connectivity index (χ4n) is 1.39. The fourth-order valence-corrected chi connectivity index (χ4v) is 2.95. The van der Waals surface area contributed by atoms with E-state index in [-0.39, 0.29) is 31.1 Å². The Balaban J connectivity index is 4.47. The van der Waals surface area contributed by atoms with Gasteiger partial charge in [0.2, 0.25) is 10.0 Å². The van der Waals surface area contributed by atoms with Crippen molar-refractivity contribution in [2.24, 2.45) is 5.92 Å². The second-order valence-electron chi connectivity index (χ2n) is 4.85. The molecule has 0 aromatic heterocycles. The van der Waals surface area contributed by atoms with Crippen molar-refractivity contribution in [1.82, 2.24) is 4.72 Å². The molecule has 0 aromatic carbocycles. The van der Waals surface area contributed by atoms with Crippen LogP contribution in [-0.4, -0.2) is 43.9 Å². The molecule has 0 aliphatic carbocycles. The maximum atomic E-state index is 11.7. The number of esters is 1. The molecular formula is C12H23NO6S. The summed E-state index contributed by atoms with van der Waals surface area (Å²) in [4.78, 5) is 22.2. The molecule has 0 bridgehead atoms. The van der Waals surface area contributed by atoms with Gasteiger partial charge in [0.15, 0.2) is 0 Å². The molecule has 1 atom stereocenters. The van der Waals surface area contributed by atoms with Crippen molar-refractivity contribution >= 4 is 22.0 Å². The quantitative estimate of drug-likeness (QED) is 0.576. The first-order valence-corrected chi connectivity index (χ1v) is 8.21. The Bertz CT molecular complexity index is 418. The van der Waals surface area contributed by atoms with Gasteiger partial charge in [-0.05, 0) is 25.7 Å². The van der Waals surface area contributed by atoms with E-state index in [0.29, 0.717) is 6.42 Å². The van der Waals surface area contributed by atoms with Crippen molar-refractivity contribution in [3.8, 4) is 0 Å². The first-order valence-electron chi connectivity index (χ1n) is 6.56. The average Bonchev–Trinajstić information content (AvgIpc) is 2.32. The lowest BCUT2D eigenvalue weighted by Crippen LogP contribution is -2.42. The number of nitrogens with one attached hydrogen (secondary N) is 1. The van der Waals surface area contributed by atoms with Crippen LogP contribution >= 0.6 is 0 Å². The Labute approximate surface area is 119 Å². The Morgan fingerprint density at radius 3 is 2.30 bits per heavy atom. The third-order valence-electron chi connectivity index (χ3n) is 2.53. The molecule has 0 aliphatic rings. The van der Waals surface area contributed by atoms with Crippen molar-refractivity contribution in [2.45, 2.75) is 46.1 Å². The molecule has 0 aromatic rings. The van der Waals surface area contributed by atoms with Gasteiger partial charge in [0.25, 0.3) is 0 Å². The maximum Gasteiger partial charge on any atom is 0.321 e. The molecular weight excluding hydrogens is 286 g/mol. The van der Waals surface area contributed by atoms with Crippen LogP contribution in [-0.2, 0) is 24.3 Å². The number of carbonyl (C=O) groups excluding carboxylic acids is 1. The minimum atomic E-state index is -3.66. The molecule has 8 heteroatoms. The highest BCUT2D eigenvalue weighted by Gasteiger charge is 2.24. The van der Waals surface area contributed by atoms with Gasteiger partial charge in [0.05, 0.1) is 12.4 Å². The number of ether oxygens (including phenoxy) is 1. The van der Waals surface area contributed by atoms with Crippen LogP contribution in [0.15, 0.2) is 0 Å². The summed E-state index contributed by atoms with van der Waals surface area (Å²) in [5.41, 5.74) is 0. The van der Waals surface area contributed by atoms with Crippen LogP contribution in [0.3, 0.4) is 0 Å². The van der Waals surface area contributed by atoms with Crippen LogP contribution in [0.25, 0.3) is 0 Å². The summed E-state index contributed by atoms with van der Waals surface area (Å²) in [6.07, 6.45) is 0.173. The summed E-state index contributed by atoms with van der Waals surface area (Å²) in [5.74, 6) is -1.77. The Morgan fingerprint density at radius 2 is 1.85 bits per heavy atom. The number of hydrogen-bond donors (Lipinski definition) is 2. The van der Waals surface area contributed by atoms with E-state index in [1.165, 1.54) is 0 Å². The first-order chi connectivity index (χ1) is 9.18. The summed E-state index contributed by atoms with van der Waals surface area (Å²) in [7, 11) is -3.66. The zero-order chi connectivity index (χ0) is 15.8. The number of carboxylic acids is 1. The molecule has 0 heterocycles. The second-order valence-corrected chi connectivity index (χ2v) is 6.73. The normalized spacial score (nSPS) is 13.2. The molecule has 0 aliphatic heterocycles. The number of rotatable bonds is 10. The minimum Gasteiger partial charge on any atom is -0.480 e. The van der Waals surface area contributed by atoms with Gasteiger partial charge in [-0.2, -0.15) is 0 Å². The predicted molar refractivity (Wildman–Crippen MR) is 73.7 cm³/mol. The van der Waals surface area contributed by atoms with E-state index in [1.807, 2.05) is 13.8 Å². The van der Waals surface area contributed by atoms with Crippen molar-refractivity contribution in [2.75, 3.05) is 12.4 Å². The lowest BCUT2D eigenvalue weighted by atomic mass is 10.2. The fraction of sp³-hybridized carbons (Fsp3) is 0.833. The Hall–Kier alpha value is -1.15.